The molecule has 0 fully saturated rings. The summed E-state index contributed by atoms with van der Waals surface area (Å²) in [4.78, 5) is 11.1. The summed E-state index contributed by atoms with van der Waals surface area (Å²) in [6.45, 7) is 10.3. The Morgan fingerprint density at radius 1 is 0.600 bits per heavy atom. The molecule has 3 heteroatoms. The molecule has 0 aromatic heterocycles. The lowest BCUT2D eigenvalue weighted by Gasteiger charge is -2.29. The highest BCUT2D eigenvalue weighted by Gasteiger charge is 2.26. The highest BCUT2D eigenvalue weighted by atomic mass is 16.5. The second-order valence-corrected chi connectivity index (χ2v) is 8.67. The SMILES string of the molecule is COc1ccc(C(C)(C)c2ccc(C(C)(C)c3ccc(OC(C)=O)cc3)cc2)cc1. The highest BCUT2D eigenvalue weighted by molar-refractivity contribution is 5.69. The number of ether oxygens (including phenoxy) is 2. The third-order valence-corrected chi connectivity index (χ3v) is 5.98. The normalized spacial score (nSPS) is 11.8. The van der Waals surface area contributed by atoms with Gasteiger partial charge < -0.3 is 9.47 Å². The van der Waals surface area contributed by atoms with Crippen LogP contribution in [0.3, 0.4) is 0 Å². The van der Waals surface area contributed by atoms with Crippen LogP contribution in [0.5, 0.6) is 11.5 Å². The van der Waals surface area contributed by atoms with E-state index in [1.54, 1.807) is 7.11 Å². The van der Waals surface area contributed by atoms with Gasteiger partial charge in [0.15, 0.2) is 0 Å². The van der Waals surface area contributed by atoms with Gasteiger partial charge in [0.25, 0.3) is 0 Å². The maximum absolute atomic E-state index is 11.1. The van der Waals surface area contributed by atoms with Gasteiger partial charge in [0, 0.05) is 17.8 Å². The molecule has 3 nitrogen and oxygen atoms in total. The van der Waals surface area contributed by atoms with Crippen molar-refractivity contribution in [3.8, 4) is 11.5 Å². The average molecular weight is 403 g/mol. The van der Waals surface area contributed by atoms with E-state index in [1.165, 1.54) is 29.2 Å². The molecule has 3 aromatic carbocycles. The average Bonchev–Trinajstić information content (AvgIpc) is 2.74. The minimum absolute atomic E-state index is 0.110. The number of carbonyl (C=O) groups is 1. The van der Waals surface area contributed by atoms with Crippen LogP contribution in [0.2, 0.25) is 0 Å². The van der Waals surface area contributed by atoms with E-state index in [0.717, 1.165) is 5.75 Å². The molecule has 156 valence electrons. The van der Waals surface area contributed by atoms with Crippen molar-refractivity contribution in [2.45, 2.75) is 45.4 Å². The summed E-state index contributed by atoms with van der Waals surface area (Å²) in [6.07, 6.45) is 0. The molecule has 0 radical (unpaired) electrons. The van der Waals surface area contributed by atoms with Crippen molar-refractivity contribution in [1.82, 2.24) is 0 Å². The molecule has 3 rings (SSSR count). The molecule has 0 N–H and O–H groups in total. The van der Waals surface area contributed by atoms with Crippen LogP contribution in [0.25, 0.3) is 0 Å². The Bertz CT molecular complexity index is 995. The molecular weight excluding hydrogens is 372 g/mol. The van der Waals surface area contributed by atoms with Crippen LogP contribution in [0.15, 0.2) is 72.8 Å². The number of methoxy groups -OCH3 is 1. The van der Waals surface area contributed by atoms with Crippen LogP contribution in [-0.4, -0.2) is 13.1 Å². The number of hydrogen-bond donors (Lipinski definition) is 0. The summed E-state index contributed by atoms with van der Waals surface area (Å²) in [5, 5.41) is 0. The van der Waals surface area contributed by atoms with Crippen LogP contribution < -0.4 is 9.47 Å². The molecule has 0 aliphatic heterocycles. The maximum atomic E-state index is 11.1. The van der Waals surface area contributed by atoms with Gasteiger partial charge in [-0.1, -0.05) is 76.2 Å². The van der Waals surface area contributed by atoms with Gasteiger partial charge in [-0.3, -0.25) is 4.79 Å². The van der Waals surface area contributed by atoms with Crippen molar-refractivity contribution in [1.29, 1.82) is 0 Å². The zero-order valence-corrected chi connectivity index (χ0v) is 18.7. The lowest BCUT2D eigenvalue weighted by atomic mass is 9.74. The Kier molecular flexibility index (Phi) is 6.02. The minimum atomic E-state index is -0.308. The summed E-state index contributed by atoms with van der Waals surface area (Å²) in [5.41, 5.74) is 4.63. The Morgan fingerprint density at radius 3 is 1.20 bits per heavy atom. The summed E-state index contributed by atoms with van der Waals surface area (Å²) in [7, 11) is 1.69. The van der Waals surface area contributed by atoms with E-state index < -0.39 is 0 Å². The van der Waals surface area contributed by atoms with Gasteiger partial charge in [-0.2, -0.15) is 0 Å². The zero-order chi connectivity index (χ0) is 21.9. The Morgan fingerprint density at radius 2 is 0.900 bits per heavy atom. The summed E-state index contributed by atoms with van der Waals surface area (Å²) in [5.74, 6) is 1.13. The Balaban J connectivity index is 1.85. The third-order valence-electron chi connectivity index (χ3n) is 5.98. The van der Waals surface area contributed by atoms with E-state index in [9.17, 15) is 4.79 Å². The highest BCUT2D eigenvalue weighted by Crippen LogP contribution is 2.36. The zero-order valence-electron chi connectivity index (χ0n) is 18.7. The topological polar surface area (TPSA) is 35.5 Å². The van der Waals surface area contributed by atoms with Gasteiger partial charge in [-0.15, -0.1) is 0 Å². The molecule has 0 bridgehead atoms. The van der Waals surface area contributed by atoms with Gasteiger partial charge in [0.1, 0.15) is 11.5 Å². The Hall–Kier alpha value is -3.07. The van der Waals surface area contributed by atoms with Gasteiger partial charge in [-0.25, -0.2) is 0 Å². The van der Waals surface area contributed by atoms with E-state index in [1.807, 2.05) is 36.4 Å². The number of rotatable bonds is 6. The molecule has 30 heavy (non-hydrogen) atoms. The lowest BCUT2D eigenvalue weighted by molar-refractivity contribution is -0.131. The molecule has 0 aliphatic carbocycles. The van der Waals surface area contributed by atoms with Crippen molar-refractivity contribution in [2.75, 3.05) is 7.11 Å². The van der Waals surface area contributed by atoms with E-state index in [4.69, 9.17) is 9.47 Å². The van der Waals surface area contributed by atoms with Crippen molar-refractivity contribution in [2.24, 2.45) is 0 Å². The van der Waals surface area contributed by atoms with Crippen LogP contribution >= 0.6 is 0 Å². The van der Waals surface area contributed by atoms with Crippen LogP contribution in [-0.2, 0) is 15.6 Å². The predicted molar refractivity (Wildman–Crippen MR) is 121 cm³/mol. The monoisotopic (exact) mass is 402 g/mol. The van der Waals surface area contributed by atoms with Crippen molar-refractivity contribution in [3.05, 3.63) is 95.1 Å². The van der Waals surface area contributed by atoms with Crippen molar-refractivity contribution >= 4 is 5.97 Å². The van der Waals surface area contributed by atoms with Crippen molar-refractivity contribution in [3.63, 3.8) is 0 Å². The molecular formula is C27H30O3. The summed E-state index contributed by atoms with van der Waals surface area (Å²) >= 11 is 0. The van der Waals surface area contributed by atoms with Crippen LogP contribution in [0.1, 0.15) is 56.9 Å². The first kappa shape index (κ1) is 21.6. The lowest BCUT2D eigenvalue weighted by Crippen LogP contribution is -2.21. The largest absolute Gasteiger partial charge is 0.497 e. The standard InChI is InChI=1S/C27H30O3/c1-19(28)30-25-17-13-23(14-18-25)27(4,5)21-9-7-20(8-10-21)26(2,3)22-11-15-24(29-6)16-12-22/h7-18H,1-6H3. The van der Waals surface area contributed by atoms with E-state index >= 15 is 0 Å². The fraction of sp³-hybridized carbons (Fsp3) is 0.296. The second kappa shape index (κ2) is 8.35. The molecule has 0 spiro atoms. The minimum Gasteiger partial charge on any atom is -0.497 e. The van der Waals surface area contributed by atoms with E-state index in [-0.39, 0.29) is 16.8 Å². The predicted octanol–water partition coefficient (Wildman–Crippen LogP) is 6.27. The quantitative estimate of drug-likeness (QED) is 0.360. The number of carbonyl (C=O) groups excluding carboxylic acids is 1. The molecule has 0 unspecified atom stereocenters. The first-order valence-electron chi connectivity index (χ1n) is 10.2. The molecule has 0 heterocycles. The fourth-order valence-electron chi connectivity index (χ4n) is 3.75. The van der Waals surface area contributed by atoms with Crippen LogP contribution in [0, 0.1) is 0 Å². The maximum Gasteiger partial charge on any atom is 0.308 e. The third kappa shape index (κ3) is 4.40. The smallest absolute Gasteiger partial charge is 0.308 e. The first-order chi connectivity index (χ1) is 14.1. The number of benzene rings is 3. The molecule has 0 aliphatic rings. The van der Waals surface area contributed by atoms with E-state index in [0.29, 0.717) is 5.75 Å². The molecule has 0 atom stereocenters. The van der Waals surface area contributed by atoms with Gasteiger partial charge in [-0.05, 0) is 46.5 Å². The fourth-order valence-corrected chi connectivity index (χ4v) is 3.75. The number of esters is 1. The number of hydrogen-bond acceptors (Lipinski definition) is 3. The molecule has 0 saturated heterocycles. The second-order valence-electron chi connectivity index (χ2n) is 8.67. The molecule has 3 aromatic rings. The molecule has 0 saturated carbocycles. The summed E-state index contributed by atoms with van der Waals surface area (Å²) < 4.78 is 10.4. The molecule has 0 amide bonds. The van der Waals surface area contributed by atoms with Crippen LogP contribution in [0.4, 0.5) is 0 Å². The van der Waals surface area contributed by atoms with E-state index in [2.05, 4.69) is 64.1 Å². The summed E-state index contributed by atoms with van der Waals surface area (Å²) in [6, 6.07) is 24.9. The van der Waals surface area contributed by atoms with Gasteiger partial charge in [0.2, 0.25) is 0 Å². The van der Waals surface area contributed by atoms with Gasteiger partial charge in [0.05, 0.1) is 7.11 Å². The van der Waals surface area contributed by atoms with Crippen molar-refractivity contribution < 1.29 is 14.3 Å². The Labute approximate surface area is 179 Å². The first-order valence-corrected chi connectivity index (χ1v) is 10.2. The van der Waals surface area contributed by atoms with Gasteiger partial charge >= 0.3 is 5.97 Å².